The lowest BCUT2D eigenvalue weighted by molar-refractivity contribution is 0.346. The number of benzene rings is 1. The maximum atomic E-state index is 13.7. The van der Waals surface area contributed by atoms with Crippen LogP contribution in [0.2, 0.25) is 0 Å². The Labute approximate surface area is 145 Å². The molecule has 0 fully saturated rings. The molecule has 2 N–H and O–H groups in total. The zero-order valence-electron chi connectivity index (χ0n) is 13.6. The molecule has 2 heterocycles. The minimum atomic E-state index is -0.250. The molecule has 3 rings (SSSR count). The molecule has 128 valence electrons. The van der Waals surface area contributed by atoms with Crippen LogP contribution < -0.4 is 5.32 Å². The Kier molecular flexibility index (Phi) is 5.58. The monoisotopic (exact) mass is 339 g/mol. The molecule has 25 heavy (non-hydrogen) atoms. The van der Waals surface area contributed by atoms with E-state index in [-0.39, 0.29) is 11.5 Å². The van der Waals surface area contributed by atoms with Gasteiger partial charge in [0.15, 0.2) is 5.82 Å². The fourth-order valence-corrected chi connectivity index (χ4v) is 2.37. The van der Waals surface area contributed by atoms with Gasteiger partial charge in [0.1, 0.15) is 12.4 Å². The van der Waals surface area contributed by atoms with Gasteiger partial charge >= 0.3 is 0 Å². The van der Waals surface area contributed by atoms with Crippen molar-refractivity contribution in [3.63, 3.8) is 0 Å². The van der Waals surface area contributed by atoms with Crippen LogP contribution in [0.4, 0.5) is 4.39 Å². The fourth-order valence-electron chi connectivity index (χ4n) is 2.37. The molecule has 1 aromatic carbocycles. The number of halogens is 1. The van der Waals surface area contributed by atoms with Crippen LogP contribution in [0.1, 0.15) is 11.4 Å². The first-order valence-electron chi connectivity index (χ1n) is 7.92. The van der Waals surface area contributed by atoms with Crippen molar-refractivity contribution in [2.75, 3.05) is 19.7 Å². The summed E-state index contributed by atoms with van der Waals surface area (Å²) in [4.78, 5) is 12.4. The fraction of sp³-hybridized carbons (Fsp3) is 0.222. The minimum Gasteiger partial charge on any atom is -0.476 e. The number of aromatic nitrogens is 2. The topological polar surface area (TPSA) is 83.2 Å². The van der Waals surface area contributed by atoms with Gasteiger partial charge in [-0.25, -0.2) is 19.4 Å². The van der Waals surface area contributed by atoms with E-state index in [2.05, 4.69) is 20.3 Å². The van der Waals surface area contributed by atoms with Gasteiger partial charge in [-0.15, -0.1) is 0 Å². The largest absolute Gasteiger partial charge is 0.476 e. The smallest absolute Gasteiger partial charge is 0.213 e. The molecule has 0 saturated carbocycles. The molecule has 0 amide bonds. The van der Waals surface area contributed by atoms with Gasteiger partial charge in [-0.05, 0) is 18.2 Å². The third-order valence-corrected chi connectivity index (χ3v) is 3.57. The zero-order chi connectivity index (χ0) is 17.5. The molecular weight excluding hydrogens is 321 g/mol. The minimum absolute atomic E-state index is 0.168. The molecular formula is C18H18FN5O. The highest BCUT2D eigenvalue weighted by molar-refractivity contribution is 6.09. The predicted octanol–water partition coefficient (Wildman–Crippen LogP) is 2.13. The van der Waals surface area contributed by atoms with Gasteiger partial charge < -0.3 is 10.1 Å². The number of nitrogens with one attached hydrogen (secondary N) is 2. The lowest BCUT2D eigenvalue weighted by Gasteiger charge is -2.10. The summed E-state index contributed by atoms with van der Waals surface area (Å²) < 4.78 is 19.2. The highest BCUT2D eigenvalue weighted by atomic mass is 19.1. The normalized spacial score (nSPS) is 14.1. The number of rotatable bonds is 7. The molecule has 1 aromatic heterocycles. The summed E-state index contributed by atoms with van der Waals surface area (Å²) in [5.41, 5.74) is 1.46. The first-order chi connectivity index (χ1) is 12.2. The maximum absolute atomic E-state index is 13.7. The Morgan fingerprint density at radius 3 is 2.76 bits per heavy atom. The first kappa shape index (κ1) is 16.9. The summed E-state index contributed by atoms with van der Waals surface area (Å²) in [6, 6.07) is 8.31. The molecule has 2 aromatic rings. The zero-order valence-corrected chi connectivity index (χ0v) is 13.6. The van der Waals surface area contributed by atoms with E-state index in [4.69, 9.17) is 10.1 Å². The summed E-state index contributed by atoms with van der Waals surface area (Å²) in [6.45, 7) is 1.87. The maximum Gasteiger partial charge on any atom is 0.213 e. The van der Waals surface area contributed by atoms with E-state index in [1.54, 1.807) is 42.7 Å². The quantitative estimate of drug-likeness (QED) is 0.757. The van der Waals surface area contributed by atoms with E-state index >= 15 is 0 Å². The van der Waals surface area contributed by atoms with E-state index in [9.17, 15) is 4.39 Å². The van der Waals surface area contributed by atoms with Crippen LogP contribution in [0, 0.1) is 11.2 Å². The number of allylic oxidation sites excluding steroid dienone is 1. The van der Waals surface area contributed by atoms with Gasteiger partial charge in [0.05, 0.1) is 12.3 Å². The highest BCUT2D eigenvalue weighted by Crippen LogP contribution is 2.09. The number of ether oxygens (including phenoxy) is 1. The Hall–Kier alpha value is -2.93. The van der Waals surface area contributed by atoms with Gasteiger partial charge in [-0.1, -0.05) is 18.2 Å². The van der Waals surface area contributed by atoms with Crippen molar-refractivity contribution in [1.29, 1.82) is 5.41 Å². The van der Waals surface area contributed by atoms with Crippen molar-refractivity contribution >= 4 is 11.6 Å². The molecule has 0 unspecified atom stereocenters. The van der Waals surface area contributed by atoms with Gasteiger partial charge in [0.25, 0.3) is 0 Å². The van der Waals surface area contributed by atoms with Crippen LogP contribution >= 0.6 is 0 Å². The van der Waals surface area contributed by atoms with Crippen LogP contribution in [0.25, 0.3) is 0 Å². The third-order valence-electron chi connectivity index (χ3n) is 3.57. The Morgan fingerprint density at radius 2 is 2.04 bits per heavy atom. The van der Waals surface area contributed by atoms with E-state index < -0.39 is 0 Å². The highest BCUT2D eigenvalue weighted by Gasteiger charge is 2.15. The van der Waals surface area contributed by atoms with Crippen molar-refractivity contribution in [2.45, 2.75) is 6.54 Å². The van der Waals surface area contributed by atoms with Crippen LogP contribution in [0.3, 0.4) is 0 Å². The Morgan fingerprint density at radius 1 is 1.24 bits per heavy atom. The second-order valence-corrected chi connectivity index (χ2v) is 5.39. The van der Waals surface area contributed by atoms with Crippen LogP contribution in [-0.2, 0) is 11.3 Å². The molecule has 0 spiro atoms. The van der Waals surface area contributed by atoms with Gasteiger partial charge in [0.2, 0.25) is 5.90 Å². The number of hydrogen-bond donors (Lipinski definition) is 2. The van der Waals surface area contributed by atoms with Crippen LogP contribution in [-0.4, -0.2) is 41.3 Å². The van der Waals surface area contributed by atoms with Gasteiger partial charge in [0, 0.05) is 36.6 Å². The van der Waals surface area contributed by atoms with Gasteiger partial charge in [-0.2, -0.15) is 0 Å². The van der Waals surface area contributed by atoms with Crippen molar-refractivity contribution in [3.05, 3.63) is 71.6 Å². The van der Waals surface area contributed by atoms with Crippen molar-refractivity contribution in [2.24, 2.45) is 4.99 Å². The molecule has 0 aliphatic carbocycles. The number of hydrogen-bond acceptors (Lipinski definition) is 6. The SMILES string of the molecule is N=C(/C=C(\CNCc1ccccc1F)C1=NCCO1)c1ncccn1. The molecule has 6 nitrogen and oxygen atoms in total. The summed E-state index contributed by atoms with van der Waals surface area (Å²) in [6.07, 6.45) is 4.81. The van der Waals surface area contributed by atoms with E-state index in [0.717, 1.165) is 0 Å². The Balaban J connectivity index is 1.71. The van der Waals surface area contributed by atoms with Crippen LogP contribution in [0.5, 0.6) is 0 Å². The van der Waals surface area contributed by atoms with Crippen molar-refractivity contribution in [1.82, 2.24) is 15.3 Å². The standard InChI is InChI=1S/C18H18FN5O/c19-15-5-2-1-4-13(15)11-21-12-14(18-24-8-9-25-18)10-16(20)17-22-6-3-7-23-17/h1-7,10,20-21H,8-9,11-12H2/b14-10+,20-16?. The van der Waals surface area contributed by atoms with E-state index in [0.29, 0.717) is 49.1 Å². The molecule has 1 aliphatic heterocycles. The van der Waals surface area contributed by atoms with Crippen LogP contribution in [0.15, 0.2) is 59.4 Å². The van der Waals surface area contributed by atoms with E-state index in [1.807, 2.05) is 0 Å². The molecule has 0 bridgehead atoms. The average Bonchev–Trinajstić information content (AvgIpc) is 3.17. The summed E-state index contributed by atoms with van der Waals surface area (Å²) in [5, 5.41) is 11.3. The van der Waals surface area contributed by atoms with Gasteiger partial charge in [-0.3, -0.25) is 5.41 Å². The lowest BCUT2D eigenvalue weighted by atomic mass is 10.1. The molecule has 7 heteroatoms. The lowest BCUT2D eigenvalue weighted by Crippen LogP contribution is -2.22. The third kappa shape index (κ3) is 4.54. The van der Waals surface area contributed by atoms with E-state index in [1.165, 1.54) is 6.07 Å². The molecule has 0 radical (unpaired) electrons. The predicted molar refractivity (Wildman–Crippen MR) is 93.3 cm³/mol. The number of nitrogens with zero attached hydrogens (tertiary/aromatic N) is 3. The summed E-state index contributed by atoms with van der Waals surface area (Å²) in [7, 11) is 0. The second-order valence-electron chi connectivity index (χ2n) is 5.39. The molecule has 1 aliphatic rings. The van der Waals surface area contributed by atoms with Crippen molar-refractivity contribution < 1.29 is 9.13 Å². The molecule has 0 atom stereocenters. The summed E-state index contributed by atoms with van der Waals surface area (Å²) in [5.74, 6) is 0.579. The number of aliphatic imine (C=N–C) groups is 1. The Bertz CT molecular complexity index is 804. The summed E-state index contributed by atoms with van der Waals surface area (Å²) >= 11 is 0. The molecule has 0 saturated heterocycles. The second kappa shape index (κ2) is 8.25. The van der Waals surface area contributed by atoms with Crippen molar-refractivity contribution in [3.8, 4) is 0 Å². The average molecular weight is 339 g/mol. The first-order valence-corrected chi connectivity index (χ1v) is 7.92.